The van der Waals surface area contributed by atoms with Gasteiger partial charge in [0.05, 0.1) is 50.4 Å². The van der Waals surface area contributed by atoms with Gasteiger partial charge in [0.2, 0.25) is 5.91 Å². The molecule has 0 fully saturated rings. The molecule has 0 spiro atoms. The van der Waals surface area contributed by atoms with Gasteiger partial charge in [-0.05, 0) is 114 Å². The van der Waals surface area contributed by atoms with Crippen molar-refractivity contribution in [1.29, 1.82) is 0 Å². The zero-order valence-corrected chi connectivity index (χ0v) is 38.5. The number of unbranched alkanes of at least 4 members (excludes halogenated alkanes) is 1. The van der Waals surface area contributed by atoms with E-state index in [-0.39, 0.29) is 36.4 Å². The number of allylic oxidation sites excluding steroid dienone is 1. The molecule has 0 saturated carbocycles. The van der Waals surface area contributed by atoms with Crippen molar-refractivity contribution < 1.29 is 42.9 Å². The Morgan fingerprint density at radius 1 is 0.889 bits per heavy atom. The molecule has 2 amide bonds. The summed E-state index contributed by atoms with van der Waals surface area (Å²) in [6.45, 7) is 19.7. The summed E-state index contributed by atoms with van der Waals surface area (Å²) in [5, 5.41) is 5.57. The Labute approximate surface area is 368 Å². The standard InChI is InChI=1S/C48H62N6O9/c1-13-29-25(3)34-22-36-27(5)31(18-19-41(56)60-10)43(53-36)32(21-40(55)52-33(45(57)61-11)17-15-16-20-49-47(59)63-48(7,8)9)44-42(46(58)62-12)28(6)37(54-44)24-39-30(14-2)26(4)35(51-39)23-38(29)50-34/h13,22-24,27,31,33,50-51H,1,14-21H2,2-12H3,(H,49,59)(H,52,55)/t27-,31-,33-/m0/s1. The number of hydrogen-bond acceptors (Lipinski definition) is 11. The third kappa shape index (κ3) is 10.9. The Balaban J connectivity index is 1.74. The van der Waals surface area contributed by atoms with E-state index in [1.807, 2.05) is 32.1 Å². The number of carbonyl (C=O) groups is 5. The quantitative estimate of drug-likeness (QED) is 0.0655. The van der Waals surface area contributed by atoms with Gasteiger partial charge in [0, 0.05) is 63.7 Å². The van der Waals surface area contributed by atoms with Crippen LogP contribution in [0.25, 0.3) is 39.3 Å². The predicted octanol–water partition coefficient (Wildman–Crippen LogP) is 7.98. The fourth-order valence-corrected chi connectivity index (χ4v) is 8.34. The maximum atomic E-state index is 14.4. The third-order valence-corrected chi connectivity index (χ3v) is 11.8. The van der Waals surface area contributed by atoms with E-state index in [2.05, 4.69) is 47.1 Å². The summed E-state index contributed by atoms with van der Waals surface area (Å²) in [7, 11) is 3.87. The van der Waals surface area contributed by atoms with Crippen molar-refractivity contribution in [3.63, 3.8) is 0 Å². The molecule has 15 nitrogen and oxygen atoms in total. The SMILES string of the molecule is C=Cc1c(C)c2cc3nc(c(CC(=O)N[C@@H](CCCCNC(=O)OC(C)(C)C)C(=O)OC)c4nc(cc5[nH]c(cc1[nH]2)c(C)c5CC)C(C)=C4C(=O)OC)[C@@H](CCC(=O)OC)[C@@H]3C. The Morgan fingerprint density at radius 2 is 1.59 bits per heavy atom. The van der Waals surface area contributed by atoms with Gasteiger partial charge in [0.15, 0.2) is 0 Å². The molecule has 4 N–H and O–H groups in total. The summed E-state index contributed by atoms with van der Waals surface area (Å²) in [5.74, 6) is -2.92. The molecule has 2 aliphatic rings. The minimum absolute atomic E-state index is 0.0656. The van der Waals surface area contributed by atoms with Crippen LogP contribution in [-0.4, -0.2) is 89.4 Å². The maximum absolute atomic E-state index is 14.4. The highest BCUT2D eigenvalue weighted by Gasteiger charge is 2.36. The predicted molar refractivity (Wildman–Crippen MR) is 243 cm³/mol. The topological polar surface area (TPSA) is 204 Å². The van der Waals surface area contributed by atoms with Crippen molar-refractivity contribution in [2.24, 2.45) is 0 Å². The number of ether oxygens (including phenoxy) is 4. The van der Waals surface area contributed by atoms with Crippen molar-refractivity contribution in [2.75, 3.05) is 27.9 Å². The number of alkyl carbamates (subject to hydrolysis) is 1. The fraction of sp³-hybridized carbons (Fsp3) is 0.479. The van der Waals surface area contributed by atoms with Gasteiger partial charge >= 0.3 is 24.0 Å². The van der Waals surface area contributed by atoms with E-state index < -0.39 is 47.5 Å². The van der Waals surface area contributed by atoms with Gasteiger partial charge in [-0.3, -0.25) is 14.6 Å². The first-order valence-electron chi connectivity index (χ1n) is 21.4. The van der Waals surface area contributed by atoms with E-state index in [0.29, 0.717) is 60.4 Å². The fourth-order valence-electron chi connectivity index (χ4n) is 8.34. The number of fused-ring (bicyclic) bond motifs is 8. The van der Waals surface area contributed by atoms with Crippen molar-refractivity contribution in [3.8, 4) is 0 Å². The highest BCUT2D eigenvalue weighted by molar-refractivity contribution is 6.25. The highest BCUT2D eigenvalue weighted by atomic mass is 16.6. The van der Waals surface area contributed by atoms with Crippen LogP contribution in [0.2, 0.25) is 0 Å². The number of nitrogens with one attached hydrogen (secondary N) is 4. The van der Waals surface area contributed by atoms with Crippen LogP contribution < -0.4 is 10.6 Å². The molecule has 8 bridgehead atoms. The molecule has 5 rings (SSSR count). The number of nitrogens with zero attached hydrogens (tertiary/aromatic N) is 2. The molecule has 3 atom stereocenters. The molecule has 0 radical (unpaired) electrons. The highest BCUT2D eigenvalue weighted by Crippen LogP contribution is 2.44. The molecule has 63 heavy (non-hydrogen) atoms. The van der Waals surface area contributed by atoms with E-state index in [1.54, 1.807) is 27.7 Å². The smallest absolute Gasteiger partial charge is 0.407 e. The van der Waals surface area contributed by atoms with Gasteiger partial charge in [0.25, 0.3) is 0 Å². The number of methoxy groups -OCH3 is 3. The van der Waals surface area contributed by atoms with Gasteiger partial charge in [0.1, 0.15) is 11.6 Å². The largest absolute Gasteiger partial charge is 0.469 e. The van der Waals surface area contributed by atoms with E-state index >= 15 is 0 Å². The number of carbonyl (C=O) groups excluding carboxylic acids is 5. The second kappa shape index (κ2) is 20.3. The average Bonchev–Trinajstić information content (AvgIpc) is 3.92. The Hall–Kier alpha value is -6.25. The monoisotopic (exact) mass is 866 g/mol. The summed E-state index contributed by atoms with van der Waals surface area (Å²) in [6, 6.07) is 4.93. The first-order valence-corrected chi connectivity index (χ1v) is 21.4. The van der Waals surface area contributed by atoms with Crippen LogP contribution in [0.3, 0.4) is 0 Å². The van der Waals surface area contributed by atoms with E-state index in [9.17, 15) is 24.0 Å². The van der Waals surface area contributed by atoms with Crippen molar-refractivity contribution >= 4 is 69.2 Å². The number of amides is 2. The maximum Gasteiger partial charge on any atom is 0.407 e. The Morgan fingerprint density at radius 3 is 2.22 bits per heavy atom. The molecule has 15 heteroatoms. The minimum Gasteiger partial charge on any atom is -0.469 e. The molecule has 5 heterocycles. The number of aryl methyl sites for hydroxylation is 3. The lowest BCUT2D eigenvalue weighted by Crippen LogP contribution is -2.42. The van der Waals surface area contributed by atoms with E-state index in [4.69, 9.17) is 28.9 Å². The first kappa shape index (κ1) is 47.8. The number of rotatable bonds is 15. The van der Waals surface area contributed by atoms with E-state index in [0.717, 1.165) is 44.3 Å². The summed E-state index contributed by atoms with van der Waals surface area (Å²) < 4.78 is 20.8. The summed E-state index contributed by atoms with van der Waals surface area (Å²) >= 11 is 0. The van der Waals surface area contributed by atoms with Crippen LogP contribution in [0.1, 0.15) is 136 Å². The molecular weight excluding hydrogens is 805 g/mol. The zero-order chi connectivity index (χ0) is 46.3. The number of H-pyrrole nitrogens is 2. The van der Waals surface area contributed by atoms with Crippen molar-refractivity contribution in [3.05, 3.63) is 75.4 Å². The van der Waals surface area contributed by atoms with Crippen LogP contribution in [0.5, 0.6) is 0 Å². The molecule has 0 saturated heterocycles. The molecule has 3 aromatic rings. The lowest BCUT2D eigenvalue weighted by molar-refractivity contribution is -0.145. The van der Waals surface area contributed by atoms with Crippen LogP contribution in [0, 0.1) is 13.8 Å². The number of aromatic nitrogens is 4. The normalized spacial score (nSPS) is 15.3. The molecular formula is C48H62N6O9. The zero-order valence-electron chi connectivity index (χ0n) is 38.5. The summed E-state index contributed by atoms with van der Waals surface area (Å²) in [6.07, 6.45) is 3.21. The average molecular weight is 867 g/mol. The molecule has 2 aliphatic heterocycles. The lowest BCUT2D eigenvalue weighted by atomic mass is 9.84. The summed E-state index contributed by atoms with van der Waals surface area (Å²) in [4.78, 5) is 83.7. The Bertz CT molecular complexity index is 2490. The van der Waals surface area contributed by atoms with Gasteiger partial charge < -0.3 is 39.5 Å². The van der Waals surface area contributed by atoms with Crippen LogP contribution >= 0.6 is 0 Å². The molecule has 338 valence electrons. The summed E-state index contributed by atoms with van der Waals surface area (Å²) in [5.41, 5.74) is 9.68. The number of aromatic amines is 2. The lowest BCUT2D eigenvalue weighted by Gasteiger charge is -2.20. The second-order valence-electron chi connectivity index (χ2n) is 17.0. The van der Waals surface area contributed by atoms with Crippen LogP contribution in [0.15, 0.2) is 24.8 Å². The molecule has 0 aliphatic carbocycles. The molecule has 3 aromatic heterocycles. The molecule has 0 unspecified atom stereocenters. The molecule has 0 aromatic carbocycles. The Kier molecular flexibility index (Phi) is 15.4. The van der Waals surface area contributed by atoms with Gasteiger partial charge in [-0.1, -0.05) is 26.5 Å². The second-order valence-corrected chi connectivity index (χ2v) is 17.0. The minimum atomic E-state index is -1.03. The van der Waals surface area contributed by atoms with Crippen molar-refractivity contribution in [2.45, 2.75) is 124 Å². The first-order chi connectivity index (χ1) is 29.8. The third-order valence-electron chi connectivity index (χ3n) is 11.8. The number of hydrogen-bond donors (Lipinski definition) is 4. The number of esters is 3. The van der Waals surface area contributed by atoms with Crippen molar-refractivity contribution in [1.82, 2.24) is 30.6 Å². The van der Waals surface area contributed by atoms with Crippen LogP contribution in [0.4, 0.5) is 4.79 Å². The van der Waals surface area contributed by atoms with Gasteiger partial charge in [-0.15, -0.1) is 0 Å². The van der Waals surface area contributed by atoms with Gasteiger partial charge in [-0.25, -0.2) is 19.4 Å². The van der Waals surface area contributed by atoms with Crippen LogP contribution in [-0.2, 0) is 51.0 Å². The van der Waals surface area contributed by atoms with E-state index in [1.165, 1.54) is 21.3 Å². The van der Waals surface area contributed by atoms with Gasteiger partial charge in [-0.2, -0.15) is 0 Å².